The lowest BCUT2D eigenvalue weighted by molar-refractivity contribution is 0.0948. The molecule has 0 saturated heterocycles. The van der Waals surface area contributed by atoms with Gasteiger partial charge in [-0.25, -0.2) is 4.68 Å². The number of nitrogens with one attached hydrogen (secondary N) is 2. The van der Waals surface area contributed by atoms with Gasteiger partial charge in [-0.3, -0.25) is 9.78 Å². The monoisotopic (exact) mass is 438 g/mol. The summed E-state index contributed by atoms with van der Waals surface area (Å²) in [6.07, 6.45) is 3.37. The number of aromatic nitrogens is 3. The molecule has 4 rings (SSSR count). The number of pyridine rings is 1. The first-order valence-electron chi connectivity index (χ1n) is 10.3. The van der Waals surface area contributed by atoms with Gasteiger partial charge in [-0.1, -0.05) is 36.4 Å². The minimum atomic E-state index is -0.211. The maximum atomic E-state index is 12.5. The second-order valence-electron chi connectivity index (χ2n) is 7.14. The summed E-state index contributed by atoms with van der Waals surface area (Å²) in [5.74, 6) is 0.907. The number of para-hydroxylation sites is 1. The van der Waals surface area contributed by atoms with Gasteiger partial charge in [0.25, 0.3) is 5.91 Å². The standard InChI is InChI=1S/C25H22N6O2/c1-27-24-21(14-26)23(30-31(24)19-6-5-13-28-16-19)18-11-9-17(10-12-18)15-29-25(32)20-7-3-4-8-22(20)33-2/h3-13,16,27H,15H2,1-2H3,(H,29,32). The van der Waals surface area contributed by atoms with Crippen LogP contribution in [0.2, 0.25) is 0 Å². The lowest BCUT2D eigenvalue weighted by atomic mass is 10.1. The Hall–Kier alpha value is -4.64. The van der Waals surface area contributed by atoms with E-state index < -0.39 is 0 Å². The zero-order valence-electron chi connectivity index (χ0n) is 18.2. The first-order chi connectivity index (χ1) is 16.2. The number of hydrogen-bond acceptors (Lipinski definition) is 6. The molecule has 1 amide bonds. The van der Waals surface area contributed by atoms with Crippen molar-refractivity contribution in [3.05, 3.63) is 89.7 Å². The van der Waals surface area contributed by atoms with Gasteiger partial charge in [-0.2, -0.15) is 10.4 Å². The summed E-state index contributed by atoms with van der Waals surface area (Å²) < 4.78 is 6.92. The maximum absolute atomic E-state index is 12.5. The van der Waals surface area contributed by atoms with Gasteiger partial charge in [0.05, 0.1) is 24.6 Å². The fourth-order valence-corrected chi connectivity index (χ4v) is 3.51. The fourth-order valence-electron chi connectivity index (χ4n) is 3.51. The molecule has 0 aliphatic carbocycles. The number of hydrogen-bond donors (Lipinski definition) is 2. The smallest absolute Gasteiger partial charge is 0.255 e. The Morgan fingerprint density at radius 2 is 1.91 bits per heavy atom. The number of nitriles is 1. The molecule has 0 saturated carbocycles. The van der Waals surface area contributed by atoms with E-state index in [1.54, 1.807) is 42.3 Å². The summed E-state index contributed by atoms with van der Waals surface area (Å²) in [6.45, 7) is 0.355. The van der Waals surface area contributed by atoms with Gasteiger partial charge in [-0.05, 0) is 29.8 Å². The zero-order valence-corrected chi connectivity index (χ0v) is 18.2. The molecule has 0 atom stereocenters. The van der Waals surface area contributed by atoms with Crippen LogP contribution in [0.1, 0.15) is 21.5 Å². The molecule has 0 aliphatic rings. The molecule has 4 aromatic rings. The van der Waals surface area contributed by atoms with E-state index in [4.69, 9.17) is 4.74 Å². The number of benzene rings is 2. The number of anilines is 1. The highest BCUT2D eigenvalue weighted by Gasteiger charge is 2.19. The molecule has 0 fully saturated rings. The molecule has 0 radical (unpaired) electrons. The van der Waals surface area contributed by atoms with Crippen molar-refractivity contribution in [2.75, 3.05) is 19.5 Å². The highest BCUT2D eigenvalue weighted by Crippen LogP contribution is 2.30. The largest absolute Gasteiger partial charge is 0.496 e. The zero-order chi connectivity index (χ0) is 23.2. The van der Waals surface area contributed by atoms with Crippen molar-refractivity contribution in [1.82, 2.24) is 20.1 Å². The second-order valence-corrected chi connectivity index (χ2v) is 7.14. The molecule has 8 heteroatoms. The van der Waals surface area contributed by atoms with Gasteiger partial charge in [0.2, 0.25) is 0 Å². The van der Waals surface area contributed by atoms with Crippen molar-refractivity contribution < 1.29 is 9.53 Å². The Balaban J connectivity index is 1.56. The third-order valence-electron chi connectivity index (χ3n) is 5.16. The van der Waals surface area contributed by atoms with Gasteiger partial charge in [0, 0.05) is 25.4 Å². The molecular formula is C25H22N6O2. The van der Waals surface area contributed by atoms with Gasteiger partial charge in [-0.15, -0.1) is 0 Å². The Labute approximate surface area is 191 Å². The molecule has 0 unspecified atom stereocenters. The molecule has 2 N–H and O–H groups in total. The van der Waals surface area contributed by atoms with Crippen LogP contribution in [0.25, 0.3) is 16.9 Å². The van der Waals surface area contributed by atoms with Crippen molar-refractivity contribution in [3.8, 4) is 28.8 Å². The molecule has 33 heavy (non-hydrogen) atoms. The predicted molar refractivity (Wildman–Crippen MR) is 125 cm³/mol. The third kappa shape index (κ3) is 4.38. The van der Waals surface area contributed by atoms with E-state index in [-0.39, 0.29) is 5.91 Å². The number of methoxy groups -OCH3 is 1. The maximum Gasteiger partial charge on any atom is 0.255 e. The average Bonchev–Trinajstić information content (AvgIpc) is 3.26. The molecule has 8 nitrogen and oxygen atoms in total. The van der Waals surface area contributed by atoms with Crippen LogP contribution in [-0.2, 0) is 6.54 Å². The van der Waals surface area contributed by atoms with E-state index in [9.17, 15) is 10.1 Å². The SMILES string of the molecule is CNc1c(C#N)c(-c2ccc(CNC(=O)c3ccccc3OC)cc2)nn1-c1cccnc1. The lowest BCUT2D eigenvalue weighted by Gasteiger charge is -2.09. The molecule has 0 aliphatic heterocycles. The summed E-state index contributed by atoms with van der Waals surface area (Å²) in [5, 5.41) is 20.4. The van der Waals surface area contributed by atoms with Crippen molar-refractivity contribution in [1.29, 1.82) is 5.26 Å². The molecule has 2 heterocycles. The number of amides is 1. The Bertz CT molecular complexity index is 1310. The summed E-state index contributed by atoms with van der Waals surface area (Å²) in [4.78, 5) is 16.7. The molecule has 0 bridgehead atoms. The van der Waals surface area contributed by atoms with Gasteiger partial charge in [0.15, 0.2) is 0 Å². The topological polar surface area (TPSA) is 105 Å². The quantitative estimate of drug-likeness (QED) is 0.455. The van der Waals surface area contributed by atoms with Crippen LogP contribution in [-0.4, -0.2) is 34.8 Å². The molecular weight excluding hydrogens is 416 g/mol. The van der Waals surface area contributed by atoms with Crippen molar-refractivity contribution >= 4 is 11.7 Å². The van der Waals surface area contributed by atoms with Crippen LogP contribution >= 0.6 is 0 Å². The highest BCUT2D eigenvalue weighted by atomic mass is 16.5. The summed E-state index contributed by atoms with van der Waals surface area (Å²) in [5.41, 5.74) is 3.96. The first kappa shape index (κ1) is 21.6. The van der Waals surface area contributed by atoms with Crippen molar-refractivity contribution in [2.45, 2.75) is 6.54 Å². The Kier molecular flexibility index (Phi) is 6.32. The fraction of sp³-hybridized carbons (Fsp3) is 0.120. The van der Waals surface area contributed by atoms with E-state index in [2.05, 4.69) is 26.8 Å². The van der Waals surface area contributed by atoms with Crippen LogP contribution in [0.5, 0.6) is 5.75 Å². The Morgan fingerprint density at radius 1 is 1.12 bits per heavy atom. The number of nitrogens with zero attached hydrogens (tertiary/aromatic N) is 4. The molecule has 2 aromatic heterocycles. The summed E-state index contributed by atoms with van der Waals surface area (Å²) >= 11 is 0. The van der Waals surface area contributed by atoms with E-state index >= 15 is 0 Å². The van der Waals surface area contributed by atoms with E-state index in [1.807, 2.05) is 42.5 Å². The minimum absolute atomic E-state index is 0.211. The molecule has 2 aromatic carbocycles. The second kappa shape index (κ2) is 9.66. The number of carbonyl (C=O) groups excluding carboxylic acids is 1. The normalized spacial score (nSPS) is 10.3. The van der Waals surface area contributed by atoms with E-state index in [1.165, 1.54) is 7.11 Å². The van der Waals surface area contributed by atoms with E-state index in [0.717, 1.165) is 16.8 Å². The van der Waals surface area contributed by atoms with Crippen LogP contribution in [0.3, 0.4) is 0 Å². The van der Waals surface area contributed by atoms with Gasteiger partial charge < -0.3 is 15.4 Å². The van der Waals surface area contributed by atoms with Crippen LogP contribution in [0.15, 0.2) is 73.1 Å². The van der Waals surface area contributed by atoms with Crippen LogP contribution < -0.4 is 15.4 Å². The number of rotatable bonds is 7. The molecule has 0 spiro atoms. The number of ether oxygens (including phenoxy) is 1. The van der Waals surface area contributed by atoms with Crippen LogP contribution in [0, 0.1) is 11.3 Å². The third-order valence-corrected chi connectivity index (χ3v) is 5.16. The highest BCUT2D eigenvalue weighted by molar-refractivity contribution is 5.96. The number of carbonyl (C=O) groups is 1. The van der Waals surface area contributed by atoms with Gasteiger partial charge in [0.1, 0.15) is 28.9 Å². The summed E-state index contributed by atoms with van der Waals surface area (Å²) in [7, 11) is 3.29. The van der Waals surface area contributed by atoms with E-state index in [0.29, 0.717) is 34.9 Å². The van der Waals surface area contributed by atoms with Crippen molar-refractivity contribution in [2.24, 2.45) is 0 Å². The average molecular weight is 438 g/mol. The Morgan fingerprint density at radius 3 is 2.58 bits per heavy atom. The van der Waals surface area contributed by atoms with Gasteiger partial charge >= 0.3 is 0 Å². The first-order valence-corrected chi connectivity index (χ1v) is 10.3. The molecule has 164 valence electrons. The van der Waals surface area contributed by atoms with Crippen LogP contribution in [0.4, 0.5) is 5.82 Å². The predicted octanol–water partition coefficient (Wildman–Crippen LogP) is 3.79. The lowest BCUT2D eigenvalue weighted by Crippen LogP contribution is -2.23. The summed E-state index contributed by atoms with van der Waals surface area (Å²) in [6, 6.07) is 20.6. The van der Waals surface area contributed by atoms with Crippen molar-refractivity contribution in [3.63, 3.8) is 0 Å². The minimum Gasteiger partial charge on any atom is -0.496 e.